The maximum atomic E-state index is 13.5. The first-order valence-corrected chi connectivity index (χ1v) is 9.24. The first-order valence-electron chi connectivity index (χ1n) is 9.24. The fourth-order valence-electron chi connectivity index (χ4n) is 3.90. The molecule has 27 heavy (non-hydrogen) atoms. The van der Waals surface area contributed by atoms with E-state index in [1.54, 1.807) is 28.9 Å². The molecule has 3 aromatic heterocycles. The fourth-order valence-corrected chi connectivity index (χ4v) is 3.90. The summed E-state index contributed by atoms with van der Waals surface area (Å²) in [7, 11) is 0. The number of hydrogen-bond acceptors (Lipinski definition) is 4. The van der Waals surface area contributed by atoms with Gasteiger partial charge in [-0.2, -0.15) is 9.50 Å². The van der Waals surface area contributed by atoms with Gasteiger partial charge >= 0.3 is 0 Å². The van der Waals surface area contributed by atoms with Gasteiger partial charge in [-0.05, 0) is 37.1 Å². The van der Waals surface area contributed by atoms with Crippen LogP contribution in [-0.4, -0.2) is 24.1 Å². The number of hydrogen-bond donors (Lipinski definition) is 0. The number of fused-ring (bicyclic) bond motifs is 3. The van der Waals surface area contributed by atoms with Crippen molar-refractivity contribution in [3.05, 3.63) is 64.7 Å². The molecule has 1 saturated carbocycles. The number of rotatable bonds is 2. The van der Waals surface area contributed by atoms with Crippen LogP contribution in [0.25, 0.3) is 22.4 Å². The third kappa shape index (κ3) is 2.70. The Balaban J connectivity index is 1.67. The quantitative estimate of drug-likeness (QED) is 0.546. The third-order valence-corrected chi connectivity index (χ3v) is 5.31. The molecule has 7 heteroatoms. The maximum absolute atomic E-state index is 13.5. The van der Waals surface area contributed by atoms with Crippen molar-refractivity contribution in [1.29, 1.82) is 0 Å². The minimum atomic E-state index is -0.388. The lowest BCUT2D eigenvalue weighted by molar-refractivity contribution is 0.429. The summed E-state index contributed by atoms with van der Waals surface area (Å²) in [5, 5.41) is 5.08. The normalized spacial score (nSPS) is 15.6. The Bertz CT molecular complexity index is 1210. The predicted octanol–water partition coefficient (Wildman–Crippen LogP) is 3.62. The van der Waals surface area contributed by atoms with E-state index < -0.39 is 0 Å². The highest BCUT2D eigenvalue weighted by Crippen LogP contribution is 2.31. The summed E-state index contributed by atoms with van der Waals surface area (Å²) in [4.78, 5) is 21.9. The van der Waals surface area contributed by atoms with Crippen LogP contribution < -0.4 is 5.56 Å². The Kier molecular flexibility index (Phi) is 3.74. The molecule has 0 saturated heterocycles. The van der Waals surface area contributed by atoms with E-state index in [1.807, 2.05) is 0 Å². The van der Waals surface area contributed by atoms with E-state index in [4.69, 9.17) is 0 Å². The summed E-state index contributed by atoms with van der Waals surface area (Å²) in [6.45, 7) is 0. The molecule has 0 bridgehead atoms. The Labute approximate surface area is 154 Å². The average molecular weight is 363 g/mol. The molecular formula is C20H18FN5O. The lowest BCUT2D eigenvalue weighted by Crippen LogP contribution is -2.19. The van der Waals surface area contributed by atoms with Crippen molar-refractivity contribution >= 4 is 16.7 Å². The smallest absolute Gasteiger partial charge is 0.266 e. The molecule has 0 N–H and O–H groups in total. The molecule has 5 rings (SSSR count). The molecular weight excluding hydrogens is 345 g/mol. The first-order chi connectivity index (χ1) is 13.2. The number of benzene rings is 1. The molecule has 0 spiro atoms. The second-order valence-electron chi connectivity index (χ2n) is 7.04. The molecule has 6 nitrogen and oxygen atoms in total. The molecule has 0 unspecified atom stereocenters. The van der Waals surface area contributed by atoms with Crippen LogP contribution >= 0.6 is 0 Å². The average Bonchev–Trinajstić information content (AvgIpc) is 3.14. The first kappa shape index (κ1) is 16.1. The number of halogens is 1. The van der Waals surface area contributed by atoms with Crippen molar-refractivity contribution in [2.45, 2.75) is 38.0 Å². The molecule has 1 fully saturated rings. The third-order valence-electron chi connectivity index (χ3n) is 5.31. The van der Waals surface area contributed by atoms with Gasteiger partial charge < -0.3 is 0 Å². The van der Waals surface area contributed by atoms with Gasteiger partial charge in [0.1, 0.15) is 5.82 Å². The lowest BCUT2D eigenvalue weighted by atomic mass is 9.89. The zero-order valence-electron chi connectivity index (χ0n) is 14.7. The van der Waals surface area contributed by atoms with Crippen LogP contribution in [0.15, 0.2) is 47.5 Å². The van der Waals surface area contributed by atoms with Crippen molar-refractivity contribution in [3.8, 4) is 5.69 Å². The van der Waals surface area contributed by atoms with Gasteiger partial charge in [0.2, 0.25) is 0 Å². The van der Waals surface area contributed by atoms with Crippen LogP contribution in [0.2, 0.25) is 0 Å². The summed E-state index contributed by atoms with van der Waals surface area (Å²) in [6.07, 6.45) is 9.04. The SMILES string of the molecule is O=c1c2cnc3nc(C4CCCCC4)nn3c2ccn1-c1cccc(F)c1. The molecule has 1 aliphatic rings. The summed E-state index contributed by atoms with van der Waals surface area (Å²) >= 11 is 0. The maximum Gasteiger partial charge on any atom is 0.266 e. The summed E-state index contributed by atoms with van der Waals surface area (Å²) in [5.41, 5.74) is 0.873. The Morgan fingerprint density at radius 2 is 1.96 bits per heavy atom. The number of nitrogens with zero attached hydrogens (tertiary/aromatic N) is 5. The molecule has 1 aliphatic carbocycles. The van der Waals surface area contributed by atoms with E-state index >= 15 is 0 Å². The summed E-state index contributed by atoms with van der Waals surface area (Å²) < 4.78 is 16.6. The van der Waals surface area contributed by atoms with E-state index in [2.05, 4.69) is 15.1 Å². The van der Waals surface area contributed by atoms with E-state index in [-0.39, 0.29) is 11.4 Å². The molecule has 0 atom stereocenters. The van der Waals surface area contributed by atoms with Crippen LogP contribution in [0.1, 0.15) is 43.8 Å². The summed E-state index contributed by atoms with van der Waals surface area (Å²) in [5.74, 6) is 1.29. The van der Waals surface area contributed by atoms with Gasteiger partial charge in [0.05, 0.1) is 16.6 Å². The zero-order chi connectivity index (χ0) is 18.4. The Morgan fingerprint density at radius 3 is 2.78 bits per heavy atom. The highest BCUT2D eigenvalue weighted by molar-refractivity contribution is 5.79. The van der Waals surface area contributed by atoms with Gasteiger partial charge in [0.25, 0.3) is 11.3 Å². The van der Waals surface area contributed by atoms with Crippen LogP contribution in [-0.2, 0) is 0 Å². The topological polar surface area (TPSA) is 65.1 Å². The van der Waals surface area contributed by atoms with Crippen LogP contribution in [0, 0.1) is 5.82 Å². The van der Waals surface area contributed by atoms with Crippen molar-refractivity contribution < 1.29 is 4.39 Å². The van der Waals surface area contributed by atoms with E-state index in [0.29, 0.717) is 28.3 Å². The predicted molar refractivity (Wildman–Crippen MR) is 99.7 cm³/mol. The second kappa shape index (κ2) is 6.26. The number of aromatic nitrogens is 5. The molecule has 4 aromatic rings. The zero-order valence-corrected chi connectivity index (χ0v) is 14.7. The molecule has 0 aliphatic heterocycles. The van der Waals surface area contributed by atoms with Gasteiger partial charge in [0, 0.05) is 18.3 Å². The van der Waals surface area contributed by atoms with Crippen molar-refractivity contribution in [2.75, 3.05) is 0 Å². The second-order valence-corrected chi connectivity index (χ2v) is 7.04. The van der Waals surface area contributed by atoms with Crippen molar-refractivity contribution in [2.24, 2.45) is 0 Å². The summed E-state index contributed by atoms with van der Waals surface area (Å²) in [6, 6.07) is 7.75. The van der Waals surface area contributed by atoms with Gasteiger partial charge in [-0.25, -0.2) is 9.37 Å². The minimum absolute atomic E-state index is 0.262. The van der Waals surface area contributed by atoms with E-state index in [9.17, 15) is 9.18 Å². The molecule has 3 heterocycles. The van der Waals surface area contributed by atoms with E-state index in [1.165, 1.54) is 42.2 Å². The highest BCUT2D eigenvalue weighted by atomic mass is 19.1. The Morgan fingerprint density at radius 1 is 1.11 bits per heavy atom. The van der Waals surface area contributed by atoms with Crippen molar-refractivity contribution in [3.63, 3.8) is 0 Å². The Hall–Kier alpha value is -3.09. The molecule has 1 aromatic carbocycles. The van der Waals surface area contributed by atoms with Crippen LogP contribution in [0.5, 0.6) is 0 Å². The molecule has 136 valence electrons. The van der Waals surface area contributed by atoms with Gasteiger partial charge in [0.15, 0.2) is 5.82 Å². The monoisotopic (exact) mass is 363 g/mol. The lowest BCUT2D eigenvalue weighted by Gasteiger charge is -2.17. The van der Waals surface area contributed by atoms with Crippen LogP contribution in [0.4, 0.5) is 4.39 Å². The van der Waals surface area contributed by atoms with Crippen molar-refractivity contribution in [1.82, 2.24) is 24.1 Å². The number of pyridine rings is 1. The van der Waals surface area contributed by atoms with E-state index in [0.717, 1.165) is 18.7 Å². The molecule has 0 amide bonds. The fraction of sp³-hybridized carbons (Fsp3) is 0.300. The highest BCUT2D eigenvalue weighted by Gasteiger charge is 2.21. The van der Waals surface area contributed by atoms with Gasteiger partial charge in [-0.3, -0.25) is 9.36 Å². The van der Waals surface area contributed by atoms with Gasteiger partial charge in [-0.1, -0.05) is 25.3 Å². The standard InChI is InChI=1S/C20H18FN5O/c21-14-7-4-8-15(11-14)25-10-9-17-16(19(25)27)12-22-20-23-18(24-26(17)20)13-5-2-1-3-6-13/h4,7-13H,1-3,5-6H2. The largest absolute Gasteiger partial charge is 0.284 e. The van der Waals surface area contributed by atoms with Gasteiger partial charge in [-0.15, -0.1) is 5.10 Å². The molecule has 0 radical (unpaired) electrons. The van der Waals surface area contributed by atoms with Crippen LogP contribution in [0.3, 0.4) is 0 Å². The minimum Gasteiger partial charge on any atom is -0.284 e.